The zero-order chi connectivity index (χ0) is 29.5. The summed E-state index contributed by atoms with van der Waals surface area (Å²) in [4.78, 5) is 0. The van der Waals surface area contributed by atoms with Gasteiger partial charge in [0.15, 0.2) is 0 Å². The normalized spacial score (nSPS) is 12.0. The maximum atomic E-state index is 6.23. The van der Waals surface area contributed by atoms with Crippen molar-refractivity contribution in [2.75, 3.05) is 0 Å². The summed E-state index contributed by atoms with van der Waals surface area (Å²) in [6.45, 7) is 0. The number of fused-ring (bicyclic) bond motifs is 3. The molecule has 0 fully saturated rings. The van der Waals surface area contributed by atoms with Crippen LogP contribution in [0.4, 0.5) is 0 Å². The fourth-order valence-electron chi connectivity index (χ4n) is 7.62. The number of hydrogen-bond donors (Lipinski definition) is 0. The van der Waals surface area contributed by atoms with Crippen molar-refractivity contribution in [2.24, 2.45) is 0 Å². The molecule has 10 aromatic rings. The van der Waals surface area contributed by atoms with Crippen molar-refractivity contribution >= 4 is 65.0 Å². The molecule has 0 saturated heterocycles. The van der Waals surface area contributed by atoms with Gasteiger partial charge in [-0.05, 0) is 101 Å². The van der Waals surface area contributed by atoms with Crippen molar-refractivity contribution < 1.29 is 4.42 Å². The van der Waals surface area contributed by atoms with Gasteiger partial charge in [-0.25, -0.2) is 0 Å². The highest BCUT2D eigenvalue weighted by Gasteiger charge is 2.19. The molecule has 0 unspecified atom stereocenters. The van der Waals surface area contributed by atoms with E-state index in [-0.39, 0.29) is 0 Å². The van der Waals surface area contributed by atoms with E-state index in [0.29, 0.717) is 0 Å². The first kappa shape index (κ1) is 24.5. The summed E-state index contributed by atoms with van der Waals surface area (Å²) in [5.74, 6) is 0. The average Bonchev–Trinajstić information content (AvgIpc) is 3.49. The largest absolute Gasteiger partial charge is 0.456 e. The van der Waals surface area contributed by atoms with Gasteiger partial charge in [-0.3, -0.25) is 0 Å². The molecular formula is C44H26O. The first-order valence-corrected chi connectivity index (χ1v) is 15.5. The van der Waals surface area contributed by atoms with Gasteiger partial charge in [0.25, 0.3) is 0 Å². The third-order valence-corrected chi connectivity index (χ3v) is 9.60. The molecule has 0 spiro atoms. The van der Waals surface area contributed by atoms with Gasteiger partial charge in [-0.15, -0.1) is 0 Å². The Morgan fingerprint density at radius 1 is 0.311 bits per heavy atom. The topological polar surface area (TPSA) is 13.1 Å². The first-order valence-electron chi connectivity index (χ1n) is 15.5. The molecule has 0 N–H and O–H groups in total. The van der Waals surface area contributed by atoms with Crippen molar-refractivity contribution in [3.8, 4) is 33.4 Å². The van der Waals surface area contributed by atoms with Gasteiger partial charge in [0, 0.05) is 10.8 Å². The maximum absolute atomic E-state index is 6.23. The highest BCUT2D eigenvalue weighted by Crippen LogP contribution is 2.45. The monoisotopic (exact) mass is 570 g/mol. The van der Waals surface area contributed by atoms with Crippen LogP contribution in [0.2, 0.25) is 0 Å². The zero-order valence-corrected chi connectivity index (χ0v) is 24.4. The summed E-state index contributed by atoms with van der Waals surface area (Å²) in [6, 6.07) is 57.4. The Bertz CT molecular complexity index is 2690. The molecule has 1 heterocycles. The molecule has 1 nitrogen and oxygen atoms in total. The molecule has 0 aliphatic rings. The summed E-state index contributed by atoms with van der Waals surface area (Å²) >= 11 is 0. The van der Waals surface area contributed by atoms with Gasteiger partial charge >= 0.3 is 0 Å². The van der Waals surface area contributed by atoms with Crippen LogP contribution in [0.5, 0.6) is 0 Å². The summed E-state index contributed by atoms with van der Waals surface area (Å²) in [5.41, 5.74) is 9.36. The number of furan rings is 1. The maximum Gasteiger partial charge on any atom is 0.136 e. The highest BCUT2D eigenvalue weighted by molar-refractivity contribution is 6.25. The molecule has 0 bridgehead atoms. The summed E-state index contributed by atoms with van der Waals surface area (Å²) in [6.07, 6.45) is 0. The lowest BCUT2D eigenvalue weighted by Gasteiger charge is -2.18. The third kappa shape index (κ3) is 3.56. The Hall–Kier alpha value is -5.92. The van der Waals surface area contributed by atoms with Crippen LogP contribution in [-0.2, 0) is 0 Å². The zero-order valence-electron chi connectivity index (χ0n) is 24.4. The number of hydrogen-bond acceptors (Lipinski definition) is 1. The van der Waals surface area contributed by atoms with Crippen molar-refractivity contribution in [3.05, 3.63) is 158 Å². The minimum absolute atomic E-state index is 0.946. The van der Waals surface area contributed by atoms with Crippen LogP contribution in [0.3, 0.4) is 0 Å². The molecule has 9 aromatic carbocycles. The van der Waals surface area contributed by atoms with Gasteiger partial charge in [0.2, 0.25) is 0 Å². The molecule has 45 heavy (non-hydrogen) atoms. The van der Waals surface area contributed by atoms with Crippen LogP contribution in [0.25, 0.3) is 98.4 Å². The van der Waals surface area contributed by atoms with E-state index < -0.39 is 0 Å². The average molecular weight is 571 g/mol. The Kier molecular flexibility index (Phi) is 5.06. The molecule has 0 radical (unpaired) electrons. The number of rotatable bonds is 3. The van der Waals surface area contributed by atoms with E-state index in [1.54, 1.807) is 0 Å². The van der Waals surface area contributed by atoms with Gasteiger partial charge in [-0.2, -0.15) is 0 Å². The van der Waals surface area contributed by atoms with Crippen molar-refractivity contribution in [1.29, 1.82) is 0 Å². The Balaban J connectivity index is 1.19. The molecule has 10 rings (SSSR count). The molecule has 1 heteroatoms. The van der Waals surface area contributed by atoms with Crippen LogP contribution < -0.4 is 0 Å². The van der Waals surface area contributed by atoms with Gasteiger partial charge in [-0.1, -0.05) is 133 Å². The number of benzene rings is 9. The fourth-order valence-corrected chi connectivity index (χ4v) is 7.62. The molecule has 0 saturated carbocycles. The van der Waals surface area contributed by atoms with Gasteiger partial charge in [0.1, 0.15) is 11.2 Å². The molecule has 208 valence electrons. The van der Waals surface area contributed by atoms with E-state index in [4.69, 9.17) is 4.42 Å². The lowest BCUT2D eigenvalue weighted by atomic mass is 9.85. The highest BCUT2D eigenvalue weighted by atomic mass is 16.3. The minimum atomic E-state index is 0.946. The van der Waals surface area contributed by atoms with Gasteiger partial charge < -0.3 is 4.42 Å². The van der Waals surface area contributed by atoms with Crippen LogP contribution in [0, 0.1) is 0 Å². The van der Waals surface area contributed by atoms with E-state index in [1.165, 1.54) is 87.2 Å². The van der Waals surface area contributed by atoms with E-state index in [9.17, 15) is 0 Å². The van der Waals surface area contributed by atoms with Crippen LogP contribution in [0.15, 0.2) is 162 Å². The predicted molar refractivity (Wildman–Crippen MR) is 191 cm³/mol. The second-order valence-electron chi connectivity index (χ2n) is 12.0. The summed E-state index contributed by atoms with van der Waals surface area (Å²) in [5, 5.41) is 12.5. The van der Waals surface area contributed by atoms with E-state index in [0.717, 1.165) is 11.2 Å². The Morgan fingerprint density at radius 2 is 0.822 bits per heavy atom. The van der Waals surface area contributed by atoms with Crippen molar-refractivity contribution in [3.63, 3.8) is 0 Å². The first-order chi connectivity index (χ1) is 22.3. The molecule has 0 atom stereocenters. The standard InChI is InChI=1S/C44H26O/c1-2-10-30-25-32(24-19-27(30)9-1)42-35-14-5-3-12-33(35)41(34-13-4-6-15-36(34)42)29-22-20-28(21-23-29)38-26-31-11-7-17-39-43(31)44-37(38)16-8-18-40(44)45-39/h1-26H. The van der Waals surface area contributed by atoms with Crippen LogP contribution in [-0.4, -0.2) is 0 Å². The summed E-state index contributed by atoms with van der Waals surface area (Å²) < 4.78 is 6.23. The minimum Gasteiger partial charge on any atom is -0.456 e. The predicted octanol–water partition coefficient (Wildman–Crippen LogP) is 12.6. The Labute approximate surface area is 259 Å². The summed E-state index contributed by atoms with van der Waals surface area (Å²) in [7, 11) is 0. The lowest BCUT2D eigenvalue weighted by Crippen LogP contribution is -1.91. The van der Waals surface area contributed by atoms with E-state index in [2.05, 4.69) is 158 Å². The molecule has 1 aromatic heterocycles. The lowest BCUT2D eigenvalue weighted by molar-refractivity contribution is 0.669. The van der Waals surface area contributed by atoms with Crippen molar-refractivity contribution in [1.82, 2.24) is 0 Å². The van der Waals surface area contributed by atoms with E-state index >= 15 is 0 Å². The molecular weight excluding hydrogens is 544 g/mol. The van der Waals surface area contributed by atoms with Gasteiger partial charge in [0.05, 0.1) is 0 Å². The second-order valence-corrected chi connectivity index (χ2v) is 12.0. The Morgan fingerprint density at radius 3 is 1.53 bits per heavy atom. The second kappa shape index (κ2) is 9.29. The molecule has 0 aliphatic carbocycles. The van der Waals surface area contributed by atoms with Crippen molar-refractivity contribution in [2.45, 2.75) is 0 Å². The molecule has 0 amide bonds. The van der Waals surface area contributed by atoms with Crippen LogP contribution >= 0.6 is 0 Å². The quantitative estimate of drug-likeness (QED) is 0.152. The smallest absolute Gasteiger partial charge is 0.136 e. The molecule has 0 aliphatic heterocycles. The van der Waals surface area contributed by atoms with E-state index in [1.807, 2.05) is 0 Å². The third-order valence-electron chi connectivity index (χ3n) is 9.60. The fraction of sp³-hybridized carbons (Fsp3) is 0. The van der Waals surface area contributed by atoms with Crippen LogP contribution in [0.1, 0.15) is 0 Å². The SMILES string of the molecule is c1ccc2cc(-c3c4ccccc4c(-c4ccc(-c5cc6cccc7oc8cccc5c8c67)cc4)c4ccccc34)ccc2c1.